The van der Waals surface area contributed by atoms with E-state index in [0.717, 1.165) is 10.6 Å². The Kier molecular flexibility index (Phi) is 3.19. The number of amides is 1. The summed E-state index contributed by atoms with van der Waals surface area (Å²) in [5.41, 5.74) is 1.02. The largest absolute Gasteiger partial charge is 0.364 e. The van der Waals surface area contributed by atoms with Gasteiger partial charge in [0, 0.05) is 16.8 Å². The molecule has 0 bridgehead atoms. The lowest BCUT2D eigenvalue weighted by Crippen LogP contribution is -2.24. The van der Waals surface area contributed by atoms with Gasteiger partial charge in [0.1, 0.15) is 0 Å². The predicted molar refractivity (Wildman–Crippen MR) is 60.7 cm³/mol. The van der Waals surface area contributed by atoms with Gasteiger partial charge in [-0.1, -0.05) is 6.07 Å². The fourth-order valence-corrected chi connectivity index (χ4v) is 2.01. The number of carbonyl (C=O) groups excluding carboxylic acids is 1. The number of carbonyl (C=O) groups is 1. The summed E-state index contributed by atoms with van der Waals surface area (Å²) in [5, 5.41) is 4.84. The zero-order valence-corrected chi connectivity index (χ0v) is 9.01. The fraction of sp³-hybridized carbons (Fsp3) is 0.182. The molecule has 3 nitrogen and oxygen atoms in total. The highest BCUT2D eigenvalue weighted by molar-refractivity contribution is 7.10. The first kappa shape index (κ1) is 9.98. The smallest absolute Gasteiger partial charge is 0.225 e. The van der Waals surface area contributed by atoms with E-state index in [1.807, 2.05) is 35.8 Å². The van der Waals surface area contributed by atoms with Crippen molar-refractivity contribution in [2.45, 2.75) is 13.0 Å². The first-order chi connectivity index (χ1) is 7.34. The molecule has 0 atom stereocenters. The summed E-state index contributed by atoms with van der Waals surface area (Å²) in [6.45, 7) is 0.567. The van der Waals surface area contributed by atoms with Crippen molar-refractivity contribution in [1.82, 2.24) is 10.3 Å². The highest BCUT2D eigenvalue weighted by Gasteiger charge is 2.03. The highest BCUT2D eigenvalue weighted by atomic mass is 32.1. The Labute approximate surface area is 92.1 Å². The Bertz CT molecular complexity index is 406. The van der Waals surface area contributed by atoms with E-state index in [2.05, 4.69) is 10.3 Å². The lowest BCUT2D eigenvalue weighted by molar-refractivity contribution is -0.120. The normalized spacial score (nSPS) is 10.1. The van der Waals surface area contributed by atoms with Gasteiger partial charge in [0.15, 0.2) is 0 Å². The highest BCUT2D eigenvalue weighted by Crippen LogP contribution is 2.08. The number of thiophene rings is 1. The average Bonchev–Trinajstić information content (AvgIpc) is 2.86. The van der Waals surface area contributed by atoms with Crippen molar-refractivity contribution in [3.05, 3.63) is 46.4 Å². The van der Waals surface area contributed by atoms with Crippen LogP contribution in [0.3, 0.4) is 0 Å². The van der Waals surface area contributed by atoms with Crippen molar-refractivity contribution in [3.8, 4) is 0 Å². The van der Waals surface area contributed by atoms with E-state index in [-0.39, 0.29) is 5.91 Å². The van der Waals surface area contributed by atoms with E-state index in [1.165, 1.54) is 0 Å². The van der Waals surface area contributed by atoms with Crippen LogP contribution in [0.1, 0.15) is 10.6 Å². The van der Waals surface area contributed by atoms with Crippen LogP contribution in [0, 0.1) is 0 Å². The van der Waals surface area contributed by atoms with Crippen LogP contribution in [-0.4, -0.2) is 10.9 Å². The van der Waals surface area contributed by atoms with Crippen LogP contribution in [0.25, 0.3) is 0 Å². The third-order valence-corrected chi connectivity index (χ3v) is 2.93. The number of aromatic nitrogens is 1. The monoisotopic (exact) mass is 220 g/mol. The molecule has 15 heavy (non-hydrogen) atoms. The maximum atomic E-state index is 11.5. The minimum Gasteiger partial charge on any atom is -0.364 e. The Balaban J connectivity index is 1.78. The number of hydrogen-bond donors (Lipinski definition) is 2. The first-order valence-electron chi connectivity index (χ1n) is 4.76. The maximum absolute atomic E-state index is 11.5. The second kappa shape index (κ2) is 4.79. The molecule has 2 aromatic rings. The predicted octanol–water partition coefficient (Wildman–Crippen LogP) is 1.94. The Morgan fingerprint density at radius 2 is 2.33 bits per heavy atom. The molecule has 0 aliphatic rings. The van der Waals surface area contributed by atoms with E-state index in [9.17, 15) is 4.79 Å². The summed E-state index contributed by atoms with van der Waals surface area (Å²) in [7, 11) is 0. The quantitative estimate of drug-likeness (QED) is 0.812. The van der Waals surface area contributed by atoms with Gasteiger partial charge in [0.05, 0.1) is 13.0 Å². The van der Waals surface area contributed by atoms with Crippen molar-refractivity contribution in [1.29, 1.82) is 0 Å². The van der Waals surface area contributed by atoms with E-state index in [1.54, 1.807) is 11.3 Å². The molecule has 0 saturated heterocycles. The molecule has 78 valence electrons. The van der Waals surface area contributed by atoms with Crippen molar-refractivity contribution >= 4 is 17.2 Å². The van der Waals surface area contributed by atoms with Crippen molar-refractivity contribution < 1.29 is 4.79 Å². The molecule has 2 heterocycles. The summed E-state index contributed by atoms with van der Waals surface area (Å²) >= 11 is 1.61. The number of hydrogen-bond acceptors (Lipinski definition) is 2. The average molecular weight is 220 g/mol. The first-order valence-corrected chi connectivity index (χ1v) is 5.64. The molecule has 0 radical (unpaired) electrons. The zero-order chi connectivity index (χ0) is 10.5. The van der Waals surface area contributed by atoms with Crippen molar-refractivity contribution in [2.24, 2.45) is 0 Å². The molecule has 4 heteroatoms. The summed E-state index contributed by atoms with van der Waals surface area (Å²) in [5.74, 6) is 0.0621. The van der Waals surface area contributed by atoms with E-state index in [0.29, 0.717) is 13.0 Å². The third kappa shape index (κ3) is 2.95. The molecular formula is C11H12N2OS. The molecule has 0 aliphatic carbocycles. The Hall–Kier alpha value is -1.55. The van der Waals surface area contributed by atoms with Crippen LogP contribution in [0.5, 0.6) is 0 Å². The molecule has 0 spiro atoms. The van der Waals surface area contributed by atoms with Crippen LogP contribution < -0.4 is 5.32 Å². The third-order valence-electron chi connectivity index (χ3n) is 2.05. The molecular weight excluding hydrogens is 208 g/mol. The van der Waals surface area contributed by atoms with Crippen LogP contribution in [0.2, 0.25) is 0 Å². The van der Waals surface area contributed by atoms with Gasteiger partial charge >= 0.3 is 0 Å². The van der Waals surface area contributed by atoms with Crippen molar-refractivity contribution in [2.75, 3.05) is 0 Å². The minimum atomic E-state index is 0.0621. The number of aromatic amines is 1. The SMILES string of the molecule is O=C(Cc1cccs1)NCc1ccc[nH]1. The summed E-state index contributed by atoms with van der Waals surface area (Å²) in [6, 6.07) is 7.79. The summed E-state index contributed by atoms with van der Waals surface area (Å²) in [6.07, 6.45) is 2.32. The van der Waals surface area contributed by atoms with Crippen LogP contribution >= 0.6 is 11.3 Å². The molecule has 0 aliphatic heterocycles. The molecule has 1 amide bonds. The minimum absolute atomic E-state index is 0.0621. The molecule has 0 saturated carbocycles. The fourth-order valence-electron chi connectivity index (χ4n) is 1.31. The lowest BCUT2D eigenvalue weighted by atomic mass is 10.3. The van der Waals surface area contributed by atoms with E-state index < -0.39 is 0 Å². The molecule has 2 rings (SSSR count). The molecule has 2 aromatic heterocycles. The van der Waals surface area contributed by atoms with Gasteiger partial charge in [-0.2, -0.15) is 0 Å². The molecule has 0 fully saturated rings. The van der Waals surface area contributed by atoms with Crippen LogP contribution in [-0.2, 0) is 17.8 Å². The lowest BCUT2D eigenvalue weighted by Gasteiger charge is -2.02. The zero-order valence-electron chi connectivity index (χ0n) is 8.19. The maximum Gasteiger partial charge on any atom is 0.225 e. The van der Waals surface area contributed by atoms with Gasteiger partial charge in [0.25, 0.3) is 0 Å². The number of rotatable bonds is 4. The van der Waals surface area contributed by atoms with Gasteiger partial charge in [-0.25, -0.2) is 0 Å². The van der Waals surface area contributed by atoms with Crippen molar-refractivity contribution in [3.63, 3.8) is 0 Å². The van der Waals surface area contributed by atoms with Crippen LogP contribution in [0.15, 0.2) is 35.8 Å². The second-order valence-electron chi connectivity index (χ2n) is 3.23. The van der Waals surface area contributed by atoms with Gasteiger partial charge < -0.3 is 10.3 Å². The Morgan fingerprint density at radius 1 is 1.40 bits per heavy atom. The van der Waals surface area contributed by atoms with Crippen LogP contribution in [0.4, 0.5) is 0 Å². The van der Waals surface area contributed by atoms with Gasteiger partial charge in [-0.05, 0) is 23.6 Å². The van der Waals surface area contributed by atoms with E-state index >= 15 is 0 Å². The summed E-state index contributed by atoms with van der Waals surface area (Å²) < 4.78 is 0. The van der Waals surface area contributed by atoms with E-state index in [4.69, 9.17) is 0 Å². The molecule has 2 N–H and O–H groups in total. The summed E-state index contributed by atoms with van der Waals surface area (Å²) in [4.78, 5) is 15.6. The molecule has 0 aromatic carbocycles. The van der Waals surface area contributed by atoms with Gasteiger partial charge in [-0.3, -0.25) is 4.79 Å². The standard InChI is InChI=1S/C11H12N2OS/c14-11(7-10-4-2-6-15-10)13-8-9-3-1-5-12-9/h1-6,12H,7-8H2,(H,13,14). The number of H-pyrrole nitrogens is 1. The van der Waals surface area contributed by atoms with Gasteiger partial charge in [-0.15, -0.1) is 11.3 Å². The second-order valence-corrected chi connectivity index (χ2v) is 4.26. The topological polar surface area (TPSA) is 44.9 Å². The Morgan fingerprint density at radius 3 is 3.00 bits per heavy atom. The molecule has 0 unspecified atom stereocenters. The van der Waals surface area contributed by atoms with Gasteiger partial charge in [0.2, 0.25) is 5.91 Å². The number of nitrogens with one attached hydrogen (secondary N) is 2.